The Hall–Kier alpha value is -1.57. The molecule has 0 saturated carbocycles. The van der Waals surface area contributed by atoms with Crippen molar-refractivity contribution in [1.82, 2.24) is 15.5 Å². The van der Waals surface area contributed by atoms with Crippen LogP contribution in [-0.4, -0.2) is 70.0 Å². The lowest BCUT2D eigenvalue weighted by Gasteiger charge is -2.26. The maximum atomic E-state index is 5.91. The average molecular weight is 379 g/mol. The standard InChI is InChI=1S/C20H34N4O3/c1-21-20(22-9-5-13-26-17-7-14-25-15-8-17)23-16-18(19-6-4-12-27-19)24-10-2-3-11-24/h4,6,12,17-18H,2-3,5,7-11,13-16H2,1H3,(H2,21,22,23). The van der Waals surface area contributed by atoms with E-state index in [1.54, 1.807) is 6.26 Å². The second-order valence-corrected chi connectivity index (χ2v) is 7.19. The first-order valence-corrected chi connectivity index (χ1v) is 10.3. The summed E-state index contributed by atoms with van der Waals surface area (Å²) in [6, 6.07) is 4.27. The molecule has 1 aromatic heterocycles. The predicted molar refractivity (Wildman–Crippen MR) is 106 cm³/mol. The Bertz CT molecular complexity index is 537. The van der Waals surface area contributed by atoms with Gasteiger partial charge in [0.2, 0.25) is 0 Å². The molecule has 2 aliphatic rings. The summed E-state index contributed by atoms with van der Waals surface area (Å²) in [5.41, 5.74) is 0. The highest BCUT2D eigenvalue weighted by Crippen LogP contribution is 2.24. The number of furan rings is 1. The molecule has 0 aliphatic carbocycles. The third-order valence-corrected chi connectivity index (χ3v) is 5.27. The van der Waals surface area contributed by atoms with Gasteiger partial charge in [0, 0.05) is 40.0 Å². The van der Waals surface area contributed by atoms with Crippen LogP contribution >= 0.6 is 0 Å². The first-order valence-electron chi connectivity index (χ1n) is 10.3. The first kappa shape index (κ1) is 20.2. The Balaban J connectivity index is 1.36. The lowest BCUT2D eigenvalue weighted by atomic mass is 10.1. The zero-order valence-corrected chi connectivity index (χ0v) is 16.5. The number of rotatable bonds is 9. The molecule has 0 spiro atoms. The molecule has 3 rings (SSSR count). The summed E-state index contributed by atoms with van der Waals surface area (Å²) in [6.45, 7) is 6.31. The van der Waals surface area contributed by atoms with Gasteiger partial charge in [0.1, 0.15) is 5.76 Å². The molecule has 2 aliphatic heterocycles. The highest BCUT2D eigenvalue weighted by molar-refractivity contribution is 5.79. The topological polar surface area (TPSA) is 71.3 Å². The number of guanidine groups is 1. The summed E-state index contributed by atoms with van der Waals surface area (Å²) in [5, 5.41) is 6.84. The number of likely N-dealkylation sites (tertiary alicyclic amines) is 1. The fourth-order valence-corrected chi connectivity index (χ4v) is 3.73. The number of aliphatic imine (C=N–C) groups is 1. The number of hydrogen-bond donors (Lipinski definition) is 2. The van der Waals surface area contributed by atoms with Crippen LogP contribution in [-0.2, 0) is 9.47 Å². The molecule has 7 nitrogen and oxygen atoms in total. The molecule has 0 bridgehead atoms. The average Bonchev–Trinajstić information content (AvgIpc) is 3.42. The third kappa shape index (κ3) is 6.52. The first-order chi connectivity index (χ1) is 13.4. The molecule has 2 saturated heterocycles. The van der Waals surface area contributed by atoms with Crippen molar-refractivity contribution in [3.63, 3.8) is 0 Å². The predicted octanol–water partition coefficient (Wildman–Crippen LogP) is 2.17. The third-order valence-electron chi connectivity index (χ3n) is 5.27. The molecule has 0 radical (unpaired) electrons. The molecule has 2 N–H and O–H groups in total. The lowest BCUT2D eigenvalue weighted by Crippen LogP contribution is -2.43. The van der Waals surface area contributed by atoms with Crippen LogP contribution in [0.15, 0.2) is 27.8 Å². The maximum absolute atomic E-state index is 5.91. The van der Waals surface area contributed by atoms with Crippen LogP contribution in [0.2, 0.25) is 0 Å². The van der Waals surface area contributed by atoms with Gasteiger partial charge in [0.05, 0.1) is 18.4 Å². The van der Waals surface area contributed by atoms with Crippen molar-refractivity contribution >= 4 is 5.96 Å². The van der Waals surface area contributed by atoms with Gasteiger partial charge >= 0.3 is 0 Å². The molecular weight excluding hydrogens is 344 g/mol. The zero-order chi connectivity index (χ0) is 18.7. The van der Waals surface area contributed by atoms with E-state index >= 15 is 0 Å². The summed E-state index contributed by atoms with van der Waals surface area (Å²) in [7, 11) is 1.81. The second-order valence-electron chi connectivity index (χ2n) is 7.19. The SMILES string of the molecule is CN=C(NCCCOC1CCOCC1)NCC(c1ccco1)N1CCCC1. The van der Waals surface area contributed by atoms with Gasteiger partial charge in [-0.15, -0.1) is 0 Å². The van der Waals surface area contributed by atoms with E-state index in [2.05, 4.69) is 26.6 Å². The van der Waals surface area contributed by atoms with Crippen LogP contribution in [0.1, 0.15) is 43.9 Å². The van der Waals surface area contributed by atoms with E-state index < -0.39 is 0 Å². The number of nitrogens with zero attached hydrogens (tertiary/aromatic N) is 2. The summed E-state index contributed by atoms with van der Waals surface area (Å²) in [4.78, 5) is 6.83. The molecular formula is C20H34N4O3. The smallest absolute Gasteiger partial charge is 0.191 e. The van der Waals surface area contributed by atoms with E-state index in [1.165, 1.54) is 12.8 Å². The molecule has 3 heterocycles. The largest absolute Gasteiger partial charge is 0.468 e. The fourth-order valence-electron chi connectivity index (χ4n) is 3.73. The second kappa shape index (κ2) is 11.3. The molecule has 2 fully saturated rings. The van der Waals surface area contributed by atoms with Gasteiger partial charge in [-0.3, -0.25) is 9.89 Å². The lowest BCUT2D eigenvalue weighted by molar-refractivity contribution is -0.0320. The number of nitrogens with one attached hydrogen (secondary N) is 2. The molecule has 1 atom stereocenters. The highest BCUT2D eigenvalue weighted by atomic mass is 16.5. The number of hydrogen-bond acceptors (Lipinski definition) is 5. The minimum absolute atomic E-state index is 0.248. The molecule has 1 aromatic rings. The molecule has 0 amide bonds. The van der Waals surface area contributed by atoms with Gasteiger partial charge in [-0.1, -0.05) is 0 Å². The highest BCUT2D eigenvalue weighted by Gasteiger charge is 2.25. The molecule has 1 unspecified atom stereocenters. The fraction of sp³-hybridized carbons (Fsp3) is 0.750. The van der Waals surface area contributed by atoms with Gasteiger partial charge in [-0.25, -0.2) is 0 Å². The van der Waals surface area contributed by atoms with Crippen LogP contribution in [0, 0.1) is 0 Å². The van der Waals surface area contributed by atoms with Gasteiger partial charge in [0.25, 0.3) is 0 Å². The van der Waals surface area contributed by atoms with Crippen molar-refractivity contribution in [3.05, 3.63) is 24.2 Å². The van der Waals surface area contributed by atoms with Gasteiger partial charge in [0.15, 0.2) is 5.96 Å². The van der Waals surface area contributed by atoms with Crippen molar-refractivity contribution in [2.24, 2.45) is 4.99 Å². The molecule has 0 aromatic carbocycles. The summed E-state index contributed by atoms with van der Waals surface area (Å²) < 4.78 is 16.9. The van der Waals surface area contributed by atoms with Crippen molar-refractivity contribution < 1.29 is 13.9 Å². The van der Waals surface area contributed by atoms with Crippen LogP contribution in [0.25, 0.3) is 0 Å². The zero-order valence-electron chi connectivity index (χ0n) is 16.5. The quantitative estimate of drug-likeness (QED) is 0.390. The van der Waals surface area contributed by atoms with E-state index in [-0.39, 0.29) is 6.04 Å². The Morgan fingerprint density at radius 1 is 1.30 bits per heavy atom. The van der Waals surface area contributed by atoms with E-state index in [9.17, 15) is 0 Å². The van der Waals surface area contributed by atoms with Crippen molar-refractivity contribution in [2.75, 3.05) is 53.0 Å². The van der Waals surface area contributed by atoms with Crippen LogP contribution in [0.4, 0.5) is 0 Å². The Labute approximate surface area is 162 Å². The summed E-state index contributed by atoms with van der Waals surface area (Å²) >= 11 is 0. The summed E-state index contributed by atoms with van der Waals surface area (Å²) in [6.07, 6.45) is 7.64. The van der Waals surface area contributed by atoms with Crippen molar-refractivity contribution in [1.29, 1.82) is 0 Å². The monoisotopic (exact) mass is 378 g/mol. The van der Waals surface area contributed by atoms with Crippen molar-refractivity contribution in [3.8, 4) is 0 Å². The number of ether oxygens (including phenoxy) is 2. The van der Waals surface area contributed by atoms with Gasteiger partial charge in [-0.05, 0) is 57.3 Å². The van der Waals surface area contributed by atoms with E-state index in [0.717, 1.165) is 77.0 Å². The Kier molecular flexibility index (Phi) is 8.45. The van der Waals surface area contributed by atoms with Crippen molar-refractivity contribution in [2.45, 2.75) is 44.2 Å². The van der Waals surface area contributed by atoms with E-state index in [0.29, 0.717) is 6.10 Å². The maximum Gasteiger partial charge on any atom is 0.191 e. The molecule has 27 heavy (non-hydrogen) atoms. The van der Waals surface area contributed by atoms with Gasteiger partial charge < -0.3 is 24.5 Å². The Morgan fingerprint density at radius 3 is 2.81 bits per heavy atom. The van der Waals surface area contributed by atoms with Crippen LogP contribution < -0.4 is 10.6 Å². The van der Waals surface area contributed by atoms with E-state index in [4.69, 9.17) is 13.9 Å². The van der Waals surface area contributed by atoms with Gasteiger partial charge in [-0.2, -0.15) is 0 Å². The molecule has 7 heteroatoms. The van der Waals surface area contributed by atoms with Crippen LogP contribution in [0.3, 0.4) is 0 Å². The summed E-state index contributed by atoms with van der Waals surface area (Å²) in [5.74, 6) is 1.85. The minimum Gasteiger partial charge on any atom is -0.468 e. The van der Waals surface area contributed by atoms with E-state index in [1.807, 2.05) is 13.1 Å². The normalized spacial score (nSPS) is 20.7. The Morgan fingerprint density at radius 2 is 2.11 bits per heavy atom. The van der Waals surface area contributed by atoms with Crippen LogP contribution in [0.5, 0.6) is 0 Å². The minimum atomic E-state index is 0.248. The molecule has 152 valence electrons.